The van der Waals surface area contributed by atoms with Gasteiger partial charge in [-0.1, -0.05) is 0 Å². The van der Waals surface area contributed by atoms with Crippen LogP contribution in [0.5, 0.6) is 0 Å². The number of pyridine rings is 1. The summed E-state index contributed by atoms with van der Waals surface area (Å²) < 4.78 is 0. The maximum Gasteiger partial charge on any atom is 0.140 e. The summed E-state index contributed by atoms with van der Waals surface area (Å²) in [5.41, 5.74) is 1.37. The minimum Gasteiger partial charge on any atom is -0.393 e. The molecular weight excluding hydrogens is 190 g/mol. The van der Waals surface area contributed by atoms with Crippen LogP contribution in [0, 0.1) is 11.3 Å². The lowest BCUT2D eigenvalue weighted by molar-refractivity contribution is 0.187. The van der Waals surface area contributed by atoms with Crippen LogP contribution in [-0.4, -0.2) is 29.8 Å². The van der Waals surface area contributed by atoms with Gasteiger partial charge < -0.3 is 10.0 Å². The highest BCUT2D eigenvalue weighted by Crippen LogP contribution is 2.11. The Labute approximate surface area is 89.8 Å². The fourth-order valence-corrected chi connectivity index (χ4v) is 1.19. The lowest BCUT2D eigenvalue weighted by Gasteiger charge is -2.19. The van der Waals surface area contributed by atoms with Gasteiger partial charge in [0.05, 0.1) is 18.0 Å². The van der Waals surface area contributed by atoms with Crippen molar-refractivity contribution in [3.8, 4) is 6.07 Å². The molecule has 0 aliphatic heterocycles. The molecular formula is C11H15N3O. The molecule has 4 nitrogen and oxygen atoms in total. The van der Waals surface area contributed by atoms with E-state index in [9.17, 15) is 0 Å². The Bertz CT molecular complexity index is 340. The van der Waals surface area contributed by atoms with Gasteiger partial charge in [-0.3, -0.25) is 0 Å². The fraction of sp³-hybridized carbons (Fsp3) is 0.455. The van der Waals surface area contributed by atoms with E-state index in [1.165, 1.54) is 0 Å². The van der Waals surface area contributed by atoms with Gasteiger partial charge in [0.2, 0.25) is 0 Å². The molecule has 1 N–H and O–H groups in total. The van der Waals surface area contributed by atoms with E-state index in [-0.39, 0.29) is 6.10 Å². The number of rotatable bonds is 4. The molecule has 1 aromatic heterocycles. The molecule has 80 valence electrons. The molecule has 1 rings (SSSR count). The van der Waals surface area contributed by atoms with Gasteiger partial charge in [0, 0.05) is 13.6 Å². The predicted molar refractivity (Wildman–Crippen MR) is 58.5 cm³/mol. The van der Waals surface area contributed by atoms with Crippen LogP contribution < -0.4 is 4.90 Å². The second-order valence-electron chi connectivity index (χ2n) is 3.57. The van der Waals surface area contributed by atoms with Gasteiger partial charge in [-0.15, -0.1) is 0 Å². The normalized spacial score (nSPS) is 11.9. The monoisotopic (exact) mass is 205 g/mol. The van der Waals surface area contributed by atoms with Crippen LogP contribution in [0.3, 0.4) is 0 Å². The van der Waals surface area contributed by atoms with E-state index >= 15 is 0 Å². The number of nitriles is 1. The molecule has 0 aromatic carbocycles. The molecule has 0 radical (unpaired) electrons. The Morgan fingerprint density at radius 1 is 1.60 bits per heavy atom. The molecule has 1 unspecified atom stereocenters. The number of nitrogens with zero attached hydrogens (tertiary/aromatic N) is 3. The molecule has 0 saturated heterocycles. The van der Waals surface area contributed by atoms with E-state index in [0.29, 0.717) is 5.69 Å². The maximum absolute atomic E-state index is 9.14. The Balaban J connectivity index is 2.58. The second kappa shape index (κ2) is 5.32. The fourth-order valence-electron chi connectivity index (χ4n) is 1.19. The molecule has 15 heavy (non-hydrogen) atoms. The first kappa shape index (κ1) is 11.5. The van der Waals surface area contributed by atoms with Crippen LogP contribution in [0.2, 0.25) is 0 Å². The zero-order valence-corrected chi connectivity index (χ0v) is 9.01. The van der Waals surface area contributed by atoms with Crippen LogP contribution >= 0.6 is 0 Å². The number of aromatic nitrogens is 1. The van der Waals surface area contributed by atoms with Crippen molar-refractivity contribution in [1.82, 2.24) is 4.98 Å². The molecule has 1 heterocycles. The molecule has 4 heteroatoms. The zero-order chi connectivity index (χ0) is 11.3. The highest BCUT2D eigenvalue weighted by molar-refractivity contribution is 5.44. The molecule has 1 aromatic rings. The van der Waals surface area contributed by atoms with E-state index < -0.39 is 0 Å². The first-order valence-corrected chi connectivity index (χ1v) is 4.89. The van der Waals surface area contributed by atoms with Gasteiger partial charge >= 0.3 is 0 Å². The lowest BCUT2D eigenvalue weighted by atomic mass is 10.2. The number of hydrogen-bond acceptors (Lipinski definition) is 4. The summed E-state index contributed by atoms with van der Waals surface area (Å²) >= 11 is 0. The topological polar surface area (TPSA) is 60.1 Å². The quantitative estimate of drug-likeness (QED) is 0.801. The summed E-state index contributed by atoms with van der Waals surface area (Å²) in [4.78, 5) is 5.98. The summed E-state index contributed by atoms with van der Waals surface area (Å²) in [5, 5.41) is 17.7. The largest absolute Gasteiger partial charge is 0.393 e. The SMILES string of the molecule is CC(O)CCN(C)c1ccc(C#N)nc1. The minimum atomic E-state index is -0.293. The van der Waals surface area contributed by atoms with Gasteiger partial charge in [-0.2, -0.15) is 5.26 Å². The average molecular weight is 205 g/mol. The number of aliphatic hydroxyl groups excluding tert-OH is 1. The molecule has 0 saturated carbocycles. The maximum atomic E-state index is 9.14. The van der Waals surface area contributed by atoms with Gasteiger partial charge in [0.1, 0.15) is 11.8 Å². The third kappa shape index (κ3) is 3.56. The van der Waals surface area contributed by atoms with Crippen molar-refractivity contribution in [2.75, 3.05) is 18.5 Å². The van der Waals surface area contributed by atoms with Crippen molar-refractivity contribution in [2.45, 2.75) is 19.4 Å². The van der Waals surface area contributed by atoms with Gasteiger partial charge in [0.15, 0.2) is 0 Å². The standard InChI is InChI=1S/C11H15N3O/c1-9(15)5-6-14(2)11-4-3-10(7-12)13-8-11/h3-4,8-9,15H,5-6H2,1-2H3. The van der Waals surface area contributed by atoms with E-state index in [4.69, 9.17) is 10.4 Å². The Hall–Kier alpha value is -1.60. The van der Waals surface area contributed by atoms with Crippen LogP contribution in [0.1, 0.15) is 19.0 Å². The van der Waals surface area contributed by atoms with Crippen LogP contribution in [0.15, 0.2) is 18.3 Å². The van der Waals surface area contributed by atoms with Crippen molar-refractivity contribution >= 4 is 5.69 Å². The number of hydrogen-bond donors (Lipinski definition) is 1. The Kier molecular flexibility index (Phi) is 4.07. The number of aliphatic hydroxyl groups is 1. The molecule has 0 amide bonds. The Morgan fingerprint density at radius 2 is 2.33 bits per heavy atom. The Morgan fingerprint density at radius 3 is 2.80 bits per heavy atom. The van der Waals surface area contributed by atoms with Crippen molar-refractivity contribution in [1.29, 1.82) is 5.26 Å². The summed E-state index contributed by atoms with van der Waals surface area (Å²) in [7, 11) is 1.94. The predicted octanol–water partition coefficient (Wildman–Crippen LogP) is 1.16. The van der Waals surface area contributed by atoms with Gasteiger partial charge in [0.25, 0.3) is 0 Å². The van der Waals surface area contributed by atoms with Crippen LogP contribution in [0.4, 0.5) is 5.69 Å². The first-order chi connectivity index (χ1) is 7.13. The molecule has 1 atom stereocenters. The second-order valence-corrected chi connectivity index (χ2v) is 3.57. The van der Waals surface area contributed by atoms with Crippen LogP contribution in [0.25, 0.3) is 0 Å². The highest BCUT2D eigenvalue weighted by atomic mass is 16.3. The van der Waals surface area contributed by atoms with E-state index in [2.05, 4.69) is 4.98 Å². The zero-order valence-electron chi connectivity index (χ0n) is 9.01. The van der Waals surface area contributed by atoms with Crippen molar-refractivity contribution < 1.29 is 5.11 Å². The third-order valence-corrected chi connectivity index (χ3v) is 2.19. The van der Waals surface area contributed by atoms with Crippen LogP contribution in [-0.2, 0) is 0 Å². The van der Waals surface area contributed by atoms with Crippen molar-refractivity contribution in [2.24, 2.45) is 0 Å². The highest BCUT2D eigenvalue weighted by Gasteiger charge is 2.03. The average Bonchev–Trinajstić information content (AvgIpc) is 2.26. The van der Waals surface area contributed by atoms with Crippen molar-refractivity contribution in [3.05, 3.63) is 24.0 Å². The van der Waals surface area contributed by atoms with E-state index in [1.807, 2.05) is 24.1 Å². The van der Waals surface area contributed by atoms with Gasteiger partial charge in [-0.25, -0.2) is 4.98 Å². The smallest absolute Gasteiger partial charge is 0.140 e. The molecule has 0 bridgehead atoms. The summed E-state index contributed by atoms with van der Waals surface area (Å²) in [6.07, 6.45) is 2.09. The summed E-state index contributed by atoms with van der Waals surface area (Å²) in [5.74, 6) is 0. The number of anilines is 1. The molecule has 0 fully saturated rings. The van der Waals surface area contributed by atoms with Gasteiger partial charge in [-0.05, 0) is 25.5 Å². The lowest BCUT2D eigenvalue weighted by Crippen LogP contribution is -2.21. The molecule has 0 spiro atoms. The summed E-state index contributed by atoms with van der Waals surface area (Å²) in [6.45, 7) is 2.54. The first-order valence-electron chi connectivity index (χ1n) is 4.89. The van der Waals surface area contributed by atoms with Crippen molar-refractivity contribution in [3.63, 3.8) is 0 Å². The minimum absolute atomic E-state index is 0.293. The molecule has 0 aliphatic carbocycles. The summed E-state index contributed by atoms with van der Waals surface area (Å²) in [6, 6.07) is 5.52. The van der Waals surface area contributed by atoms with E-state index in [1.54, 1.807) is 19.2 Å². The third-order valence-electron chi connectivity index (χ3n) is 2.19. The molecule has 0 aliphatic rings. The van der Waals surface area contributed by atoms with E-state index in [0.717, 1.165) is 18.7 Å².